The highest BCUT2D eigenvalue weighted by atomic mass is 32.2. The second-order valence-corrected chi connectivity index (χ2v) is 12.9. The van der Waals surface area contributed by atoms with Crippen molar-refractivity contribution in [1.29, 1.82) is 0 Å². The van der Waals surface area contributed by atoms with Crippen LogP contribution in [0.3, 0.4) is 0 Å². The normalized spacial score (nSPS) is 19.0. The summed E-state index contributed by atoms with van der Waals surface area (Å²) in [6.45, 7) is 10.2. The zero-order valence-electron chi connectivity index (χ0n) is 25.9. The number of hydrogen-bond acceptors (Lipinski definition) is 12. The van der Waals surface area contributed by atoms with Gasteiger partial charge in [0.15, 0.2) is 0 Å². The van der Waals surface area contributed by atoms with Crippen molar-refractivity contribution in [2.75, 3.05) is 51.6 Å². The van der Waals surface area contributed by atoms with Gasteiger partial charge in [-0.1, -0.05) is 37.3 Å². The second kappa shape index (κ2) is 22.0. The highest BCUT2D eigenvalue weighted by molar-refractivity contribution is 8.18. The van der Waals surface area contributed by atoms with Crippen LogP contribution in [0.2, 0.25) is 0 Å². The molecule has 14 heteroatoms. The summed E-state index contributed by atoms with van der Waals surface area (Å²) in [4.78, 5) is 51.1. The Hall–Kier alpha value is -2.55. The number of amides is 1. The van der Waals surface area contributed by atoms with E-state index in [4.69, 9.17) is 9.47 Å². The minimum absolute atomic E-state index is 0.0154. The van der Waals surface area contributed by atoms with Gasteiger partial charge in [0.2, 0.25) is 5.91 Å². The summed E-state index contributed by atoms with van der Waals surface area (Å²) in [7, 11) is 0. The third kappa shape index (κ3) is 15.1. The summed E-state index contributed by atoms with van der Waals surface area (Å²) in [6.07, 6.45) is 4.89. The van der Waals surface area contributed by atoms with Crippen LogP contribution in [0.4, 0.5) is 0 Å². The first-order valence-electron chi connectivity index (χ1n) is 14.5. The van der Waals surface area contributed by atoms with Crippen molar-refractivity contribution in [3.63, 3.8) is 0 Å². The van der Waals surface area contributed by atoms with Gasteiger partial charge in [0.05, 0.1) is 29.9 Å². The van der Waals surface area contributed by atoms with Gasteiger partial charge < -0.3 is 23.9 Å². The fourth-order valence-electron chi connectivity index (χ4n) is 4.56. The summed E-state index contributed by atoms with van der Waals surface area (Å²) >= 11 is 3.78. The molecule has 0 spiro atoms. The minimum Gasteiger partial charge on any atom is -0.465 e. The van der Waals surface area contributed by atoms with Crippen LogP contribution in [-0.2, 0) is 39.9 Å². The van der Waals surface area contributed by atoms with Gasteiger partial charge in [0.1, 0.15) is 12.6 Å². The number of likely N-dealkylation sites (tertiary alicyclic amines) is 1. The lowest BCUT2D eigenvalue weighted by Crippen LogP contribution is -2.52. The molecule has 0 aromatic heterocycles. The van der Waals surface area contributed by atoms with Gasteiger partial charge in [-0.3, -0.25) is 19.7 Å². The van der Waals surface area contributed by atoms with E-state index in [1.807, 2.05) is 53.5 Å². The Kier molecular flexibility index (Phi) is 19.7. The molecular weight excluding hydrogens is 598 g/mol. The van der Waals surface area contributed by atoms with Gasteiger partial charge >= 0.3 is 5.97 Å². The molecule has 4 atom stereocenters. The Morgan fingerprint density at radius 1 is 1.21 bits per heavy atom. The number of carbonyl (C=O) groups is 3. The molecule has 0 bridgehead atoms. The first kappa shape index (κ1) is 38.5. The van der Waals surface area contributed by atoms with Crippen molar-refractivity contribution in [2.45, 2.75) is 75.6 Å². The Morgan fingerprint density at radius 2 is 1.93 bits per heavy atom. The zero-order valence-corrected chi connectivity index (χ0v) is 27.5. The number of carbonyl (C=O) groups excluding carboxylic acids is 3. The molecule has 43 heavy (non-hydrogen) atoms. The molecular formula is C29H47N3O9S2. The van der Waals surface area contributed by atoms with E-state index < -0.39 is 17.2 Å². The molecule has 1 aromatic rings. The number of benzene rings is 1. The van der Waals surface area contributed by atoms with E-state index >= 15 is 0 Å². The lowest BCUT2D eigenvalue weighted by molar-refractivity contribution is -0.757. The third-order valence-corrected chi connectivity index (χ3v) is 9.62. The number of esters is 1. The maximum absolute atomic E-state index is 13.2. The highest BCUT2D eigenvalue weighted by Gasteiger charge is 2.45. The third-order valence-electron chi connectivity index (χ3n) is 6.61. The van der Waals surface area contributed by atoms with Crippen molar-refractivity contribution in [1.82, 2.24) is 10.2 Å². The van der Waals surface area contributed by atoms with Crippen molar-refractivity contribution in [3.8, 4) is 0 Å². The lowest BCUT2D eigenvalue weighted by atomic mass is 10.0. The average molecular weight is 646 g/mol. The van der Waals surface area contributed by atoms with Gasteiger partial charge in [0, 0.05) is 19.2 Å². The first-order chi connectivity index (χ1) is 20.6. The van der Waals surface area contributed by atoms with E-state index in [1.54, 1.807) is 6.92 Å². The Balaban J connectivity index is 0.000000599. The number of nitrogens with zero attached hydrogens (tertiary/aromatic N) is 2. The standard InChI is InChI=1S/C23H36N2O3S2.C6H11NO6/c1-6-28-22(27)20(14-13-19-11-9-8-10-12-19)24-18(4)21(26)25-16-23(29-5,30-7-2)15-17(25)3;8-6-12-5-4-11-2-1-3-13-7(9)10/h8-12,17-18,20,24H,6-7,13-16H2,1-5H3;6H,1-5H2. The molecule has 4 unspecified atom stereocenters. The molecule has 12 nitrogen and oxygen atoms in total. The number of aryl methyl sites for hydroxylation is 1. The second-order valence-electron chi connectivity index (χ2n) is 9.77. The van der Waals surface area contributed by atoms with Crippen molar-refractivity contribution >= 4 is 41.9 Å². The number of nitrogens with one attached hydrogen (secondary N) is 1. The monoisotopic (exact) mass is 645 g/mol. The van der Waals surface area contributed by atoms with E-state index in [0.29, 0.717) is 32.5 Å². The van der Waals surface area contributed by atoms with Crippen LogP contribution in [-0.4, -0.2) is 102 Å². The predicted molar refractivity (Wildman–Crippen MR) is 168 cm³/mol. The van der Waals surface area contributed by atoms with Gasteiger partial charge in [-0.15, -0.1) is 33.6 Å². The van der Waals surface area contributed by atoms with Crippen LogP contribution in [0.25, 0.3) is 0 Å². The summed E-state index contributed by atoms with van der Waals surface area (Å²) in [5.41, 5.74) is 1.17. The highest BCUT2D eigenvalue weighted by Crippen LogP contribution is 2.46. The predicted octanol–water partition coefficient (Wildman–Crippen LogP) is 3.74. The number of hydrogen-bond donors (Lipinski definition) is 1. The number of rotatable bonds is 20. The molecule has 1 saturated heterocycles. The Morgan fingerprint density at radius 3 is 2.53 bits per heavy atom. The average Bonchev–Trinajstić information content (AvgIpc) is 3.33. The molecule has 1 heterocycles. The SMILES string of the molecule is CCOC(=O)C(CCc1ccccc1)NC(C)C(=O)N1CC(SC)(SCC)CC1C.O=COCCOCCCO[N+](=O)[O-]. The maximum atomic E-state index is 13.2. The largest absolute Gasteiger partial charge is 0.465 e. The molecule has 1 N–H and O–H groups in total. The molecule has 0 aliphatic carbocycles. The minimum atomic E-state index is -0.852. The molecule has 1 aliphatic heterocycles. The molecule has 1 amide bonds. The van der Waals surface area contributed by atoms with Gasteiger partial charge in [-0.2, -0.15) is 0 Å². The summed E-state index contributed by atoms with van der Waals surface area (Å²) in [6, 6.07) is 9.32. The summed E-state index contributed by atoms with van der Waals surface area (Å²) in [5, 5.41) is 12.1. The van der Waals surface area contributed by atoms with Gasteiger partial charge in [0.25, 0.3) is 11.6 Å². The van der Waals surface area contributed by atoms with Crippen LogP contribution in [0.5, 0.6) is 0 Å². The number of thioether (sulfide) groups is 2. The Labute approximate surface area is 263 Å². The van der Waals surface area contributed by atoms with Crippen molar-refractivity contribution in [3.05, 3.63) is 46.0 Å². The quantitative estimate of drug-likeness (QED) is 0.0550. The van der Waals surface area contributed by atoms with Crippen LogP contribution in [0.15, 0.2) is 30.3 Å². The molecule has 2 rings (SSSR count). The van der Waals surface area contributed by atoms with Crippen molar-refractivity contribution < 1.29 is 38.5 Å². The fraction of sp³-hybridized carbons (Fsp3) is 0.690. The van der Waals surface area contributed by atoms with E-state index in [-0.39, 0.29) is 41.8 Å². The topological polar surface area (TPSA) is 147 Å². The smallest absolute Gasteiger partial charge is 0.323 e. The van der Waals surface area contributed by atoms with Gasteiger partial charge in [-0.25, -0.2) is 0 Å². The van der Waals surface area contributed by atoms with E-state index in [9.17, 15) is 24.5 Å². The Bertz CT molecular complexity index is 960. The van der Waals surface area contributed by atoms with Crippen LogP contribution >= 0.6 is 23.5 Å². The molecule has 1 fully saturated rings. The van der Waals surface area contributed by atoms with Gasteiger partial charge in [-0.05, 0) is 64.0 Å². The van der Waals surface area contributed by atoms with Crippen LogP contribution in [0.1, 0.15) is 52.5 Å². The van der Waals surface area contributed by atoms with Crippen molar-refractivity contribution in [2.24, 2.45) is 0 Å². The molecule has 0 saturated carbocycles. The van der Waals surface area contributed by atoms with Crippen LogP contribution < -0.4 is 5.32 Å². The number of ether oxygens (including phenoxy) is 3. The first-order valence-corrected chi connectivity index (χ1v) is 16.7. The van der Waals surface area contributed by atoms with E-state index in [1.165, 1.54) is 5.56 Å². The van der Waals surface area contributed by atoms with E-state index in [0.717, 1.165) is 25.1 Å². The molecule has 1 aromatic carbocycles. The summed E-state index contributed by atoms with van der Waals surface area (Å²) < 4.78 is 14.6. The fourth-order valence-corrected chi connectivity index (χ4v) is 7.17. The maximum Gasteiger partial charge on any atom is 0.323 e. The molecule has 0 radical (unpaired) electrons. The summed E-state index contributed by atoms with van der Waals surface area (Å²) in [5.74, 6) is 0.806. The molecule has 244 valence electrons. The lowest BCUT2D eigenvalue weighted by Gasteiger charge is -2.29. The zero-order chi connectivity index (χ0) is 32.1. The van der Waals surface area contributed by atoms with E-state index in [2.05, 4.69) is 47.1 Å². The molecule has 1 aliphatic rings. The van der Waals surface area contributed by atoms with Crippen LogP contribution in [0, 0.1) is 10.1 Å².